The van der Waals surface area contributed by atoms with Crippen molar-refractivity contribution in [3.8, 4) is 0 Å². The second kappa shape index (κ2) is 5.02. The third kappa shape index (κ3) is 2.41. The van der Waals surface area contributed by atoms with Gasteiger partial charge in [-0.2, -0.15) is 5.10 Å². The molecule has 3 aromatic rings. The SMILES string of the molecule is c1ccc(COCn2cc3ccccc3n2)cc1. The van der Waals surface area contributed by atoms with E-state index in [0.29, 0.717) is 13.3 Å². The van der Waals surface area contributed by atoms with Crippen LogP contribution < -0.4 is 0 Å². The summed E-state index contributed by atoms with van der Waals surface area (Å²) in [6.45, 7) is 1.08. The van der Waals surface area contributed by atoms with E-state index < -0.39 is 0 Å². The fourth-order valence-corrected chi connectivity index (χ4v) is 1.91. The Morgan fingerprint density at radius 2 is 1.72 bits per heavy atom. The van der Waals surface area contributed by atoms with Gasteiger partial charge >= 0.3 is 0 Å². The molecule has 0 aliphatic rings. The Hall–Kier alpha value is -2.13. The van der Waals surface area contributed by atoms with Crippen LogP contribution in [0.3, 0.4) is 0 Å². The quantitative estimate of drug-likeness (QED) is 0.698. The Balaban J connectivity index is 1.63. The molecule has 0 aliphatic carbocycles. The molecule has 1 aromatic heterocycles. The summed E-state index contributed by atoms with van der Waals surface area (Å²) in [7, 11) is 0. The number of fused-ring (bicyclic) bond motifs is 1. The normalized spacial score (nSPS) is 10.9. The fourth-order valence-electron chi connectivity index (χ4n) is 1.91. The van der Waals surface area contributed by atoms with Crippen LogP contribution in [0, 0.1) is 0 Å². The van der Waals surface area contributed by atoms with Crippen LogP contribution in [0.5, 0.6) is 0 Å². The number of ether oxygens (including phenoxy) is 1. The topological polar surface area (TPSA) is 27.1 Å². The fraction of sp³-hybridized carbons (Fsp3) is 0.133. The molecule has 18 heavy (non-hydrogen) atoms. The van der Waals surface area contributed by atoms with Gasteiger partial charge in [-0.05, 0) is 11.6 Å². The van der Waals surface area contributed by atoms with Crippen molar-refractivity contribution < 1.29 is 4.74 Å². The van der Waals surface area contributed by atoms with Crippen LogP contribution >= 0.6 is 0 Å². The molecule has 2 aromatic carbocycles. The van der Waals surface area contributed by atoms with Crippen LogP contribution in [0.1, 0.15) is 5.56 Å². The summed E-state index contributed by atoms with van der Waals surface area (Å²) in [5.74, 6) is 0. The molecule has 0 radical (unpaired) electrons. The minimum Gasteiger partial charge on any atom is -0.355 e. The van der Waals surface area contributed by atoms with Crippen LogP contribution in [0.15, 0.2) is 60.8 Å². The molecule has 0 saturated carbocycles. The number of nitrogens with zero attached hydrogens (tertiary/aromatic N) is 2. The zero-order chi connectivity index (χ0) is 12.2. The van der Waals surface area contributed by atoms with Gasteiger partial charge in [0.25, 0.3) is 0 Å². The van der Waals surface area contributed by atoms with E-state index in [1.54, 1.807) is 0 Å². The lowest BCUT2D eigenvalue weighted by molar-refractivity contribution is 0.0566. The summed E-state index contributed by atoms with van der Waals surface area (Å²) in [5, 5.41) is 5.58. The van der Waals surface area contributed by atoms with Crippen molar-refractivity contribution in [2.75, 3.05) is 0 Å². The smallest absolute Gasteiger partial charge is 0.139 e. The van der Waals surface area contributed by atoms with Crippen LogP contribution in [-0.4, -0.2) is 9.78 Å². The van der Waals surface area contributed by atoms with Crippen molar-refractivity contribution in [3.63, 3.8) is 0 Å². The molecular weight excluding hydrogens is 224 g/mol. The van der Waals surface area contributed by atoms with E-state index in [-0.39, 0.29) is 0 Å². The number of hydrogen-bond acceptors (Lipinski definition) is 2. The molecule has 0 spiro atoms. The zero-order valence-electron chi connectivity index (χ0n) is 9.99. The minimum atomic E-state index is 0.476. The van der Waals surface area contributed by atoms with Gasteiger partial charge in [0.15, 0.2) is 0 Å². The number of benzene rings is 2. The highest BCUT2D eigenvalue weighted by molar-refractivity contribution is 5.77. The van der Waals surface area contributed by atoms with Gasteiger partial charge in [0.1, 0.15) is 6.73 Å². The van der Waals surface area contributed by atoms with Gasteiger partial charge in [-0.15, -0.1) is 0 Å². The summed E-state index contributed by atoms with van der Waals surface area (Å²) >= 11 is 0. The zero-order valence-corrected chi connectivity index (χ0v) is 9.99. The summed E-state index contributed by atoms with van der Waals surface area (Å²) in [4.78, 5) is 0. The summed E-state index contributed by atoms with van der Waals surface area (Å²) in [6.07, 6.45) is 2.00. The Morgan fingerprint density at radius 3 is 2.56 bits per heavy atom. The molecule has 0 unspecified atom stereocenters. The molecule has 0 atom stereocenters. The maximum absolute atomic E-state index is 5.64. The Bertz CT molecular complexity index is 598. The summed E-state index contributed by atoms with van der Waals surface area (Å²) in [6, 6.07) is 18.2. The molecule has 1 heterocycles. The monoisotopic (exact) mass is 238 g/mol. The third-order valence-corrected chi connectivity index (χ3v) is 2.80. The second-order valence-electron chi connectivity index (χ2n) is 4.19. The van der Waals surface area contributed by atoms with Gasteiger partial charge in [-0.3, -0.25) is 0 Å². The molecule has 0 aliphatic heterocycles. The predicted octanol–water partition coefficient (Wildman–Crippen LogP) is 3.21. The first-order valence-electron chi connectivity index (χ1n) is 5.96. The van der Waals surface area contributed by atoms with Crippen molar-refractivity contribution >= 4 is 10.9 Å². The van der Waals surface area contributed by atoms with Crippen LogP contribution in [0.4, 0.5) is 0 Å². The van der Waals surface area contributed by atoms with Crippen molar-refractivity contribution in [3.05, 3.63) is 66.4 Å². The third-order valence-electron chi connectivity index (χ3n) is 2.80. The first-order chi connectivity index (χ1) is 8.92. The minimum absolute atomic E-state index is 0.476. The molecule has 3 heteroatoms. The Morgan fingerprint density at radius 1 is 0.944 bits per heavy atom. The average molecular weight is 238 g/mol. The first kappa shape index (κ1) is 11.0. The summed E-state index contributed by atoms with van der Waals surface area (Å²) in [5.41, 5.74) is 2.18. The van der Waals surface area contributed by atoms with Crippen molar-refractivity contribution in [2.24, 2.45) is 0 Å². The van der Waals surface area contributed by atoms with E-state index in [1.165, 1.54) is 5.56 Å². The van der Waals surface area contributed by atoms with Crippen molar-refractivity contribution in [1.29, 1.82) is 0 Å². The highest BCUT2D eigenvalue weighted by atomic mass is 16.5. The van der Waals surface area contributed by atoms with E-state index in [2.05, 4.69) is 23.3 Å². The second-order valence-corrected chi connectivity index (χ2v) is 4.19. The van der Waals surface area contributed by atoms with Gasteiger partial charge < -0.3 is 4.74 Å². The Labute approximate surface area is 106 Å². The maximum atomic E-state index is 5.64. The van der Waals surface area contributed by atoms with Gasteiger partial charge in [-0.1, -0.05) is 48.5 Å². The molecule has 0 N–H and O–H groups in total. The summed E-state index contributed by atoms with van der Waals surface area (Å²) < 4.78 is 7.46. The molecule has 90 valence electrons. The lowest BCUT2D eigenvalue weighted by Crippen LogP contribution is -2.02. The molecule has 0 bridgehead atoms. The van der Waals surface area contributed by atoms with E-state index >= 15 is 0 Å². The predicted molar refractivity (Wildman–Crippen MR) is 71.0 cm³/mol. The lowest BCUT2D eigenvalue weighted by Gasteiger charge is -2.03. The van der Waals surface area contributed by atoms with Gasteiger partial charge in [0.05, 0.1) is 12.1 Å². The molecule has 3 nitrogen and oxygen atoms in total. The van der Waals surface area contributed by atoms with E-state index in [1.807, 2.05) is 47.3 Å². The van der Waals surface area contributed by atoms with Crippen LogP contribution in [0.2, 0.25) is 0 Å². The highest BCUT2D eigenvalue weighted by Crippen LogP contribution is 2.11. The van der Waals surface area contributed by atoms with Gasteiger partial charge in [0.2, 0.25) is 0 Å². The standard InChI is InChI=1S/C15H14N2O/c1-2-6-13(7-3-1)11-18-12-17-10-14-8-4-5-9-15(14)16-17/h1-10H,11-12H2. The van der Waals surface area contributed by atoms with E-state index in [9.17, 15) is 0 Å². The van der Waals surface area contributed by atoms with Gasteiger partial charge in [-0.25, -0.2) is 4.68 Å². The molecule has 0 fully saturated rings. The molecule has 0 saturated heterocycles. The molecular formula is C15H14N2O. The van der Waals surface area contributed by atoms with Crippen LogP contribution in [-0.2, 0) is 18.1 Å². The van der Waals surface area contributed by atoms with Crippen molar-refractivity contribution in [1.82, 2.24) is 9.78 Å². The highest BCUT2D eigenvalue weighted by Gasteiger charge is 1.99. The maximum Gasteiger partial charge on any atom is 0.139 e. The van der Waals surface area contributed by atoms with Gasteiger partial charge in [0, 0.05) is 11.6 Å². The van der Waals surface area contributed by atoms with Crippen LogP contribution in [0.25, 0.3) is 10.9 Å². The Kier molecular flexibility index (Phi) is 3.07. The first-order valence-corrected chi connectivity index (χ1v) is 5.96. The average Bonchev–Trinajstić information content (AvgIpc) is 2.82. The number of hydrogen-bond donors (Lipinski definition) is 0. The number of aromatic nitrogens is 2. The molecule has 3 rings (SSSR count). The molecule has 0 amide bonds. The lowest BCUT2D eigenvalue weighted by atomic mass is 10.2. The van der Waals surface area contributed by atoms with E-state index in [0.717, 1.165) is 10.9 Å². The van der Waals surface area contributed by atoms with E-state index in [4.69, 9.17) is 4.74 Å². The van der Waals surface area contributed by atoms with Crippen molar-refractivity contribution in [2.45, 2.75) is 13.3 Å². The number of rotatable bonds is 4. The largest absolute Gasteiger partial charge is 0.355 e.